The van der Waals surface area contributed by atoms with Crippen molar-refractivity contribution in [2.45, 2.75) is 70.8 Å². The van der Waals surface area contributed by atoms with E-state index < -0.39 is 0 Å². The molecule has 6 aromatic rings. The smallest absolute Gasteiger partial charge is 0.0583 e. The van der Waals surface area contributed by atoms with Gasteiger partial charge in [-0.25, -0.2) is 0 Å². The number of benzene rings is 3. The number of rotatable bonds is 5. The number of nitrogens with zero attached hydrogens (tertiary/aromatic N) is 2. The second kappa shape index (κ2) is 14.0. The van der Waals surface area contributed by atoms with E-state index in [1.54, 1.807) is 5.57 Å². The molecule has 0 amide bonds. The summed E-state index contributed by atoms with van der Waals surface area (Å²) in [7, 11) is 0. The molecule has 0 N–H and O–H groups in total. The molecule has 3 aromatic heterocycles. The Morgan fingerprint density at radius 1 is 0.695 bits per heavy atom. The highest BCUT2D eigenvalue weighted by Gasteiger charge is 2.35. The van der Waals surface area contributed by atoms with E-state index >= 15 is 0 Å². The minimum atomic E-state index is 0.184. The molecule has 0 radical (unpaired) electrons. The van der Waals surface area contributed by atoms with Crippen LogP contribution in [-0.2, 0) is 12.8 Å². The zero-order valence-corrected chi connectivity index (χ0v) is 34.9. The van der Waals surface area contributed by atoms with Crippen molar-refractivity contribution < 1.29 is 0 Å². The first-order valence-electron chi connectivity index (χ1n) is 22.1. The average Bonchev–Trinajstić information content (AvgIpc) is 3.94. The number of aryl methyl sites for hydroxylation is 1. The van der Waals surface area contributed by atoms with Gasteiger partial charge in [-0.05, 0) is 126 Å². The summed E-state index contributed by atoms with van der Waals surface area (Å²) in [6, 6.07) is 27.5. The van der Waals surface area contributed by atoms with Gasteiger partial charge in [0.2, 0.25) is 0 Å². The SMILES string of the molecule is CC1C=CC(C2=CC(C3c4sc5ccccc5c4C=CC3C)=CC(C3=CC(n4c5c(c6ccccc64)C=CCC5)=CC(n4c5c(c6ccccc64)CCC=C5)C3)C2)=CC1. The molecule has 5 unspecified atom stereocenters. The number of fused-ring (bicyclic) bond motifs is 9. The lowest BCUT2D eigenvalue weighted by Crippen LogP contribution is -2.21. The van der Waals surface area contributed by atoms with Crippen molar-refractivity contribution in [3.63, 3.8) is 0 Å². The van der Waals surface area contributed by atoms with Crippen molar-refractivity contribution in [3.05, 3.63) is 189 Å². The van der Waals surface area contributed by atoms with Crippen LogP contribution in [0.3, 0.4) is 0 Å². The van der Waals surface area contributed by atoms with Crippen molar-refractivity contribution in [1.29, 1.82) is 0 Å². The van der Waals surface area contributed by atoms with E-state index in [-0.39, 0.29) is 12.0 Å². The van der Waals surface area contributed by atoms with Crippen LogP contribution in [0.1, 0.15) is 90.9 Å². The molecule has 0 bridgehead atoms. The lowest BCUT2D eigenvalue weighted by Gasteiger charge is -2.35. The van der Waals surface area contributed by atoms with Crippen LogP contribution >= 0.6 is 11.3 Å². The number of hydrogen-bond acceptors (Lipinski definition) is 1. The van der Waals surface area contributed by atoms with E-state index in [1.807, 2.05) is 11.3 Å². The summed E-state index contributed by atoms with van der Waals surface area (Å²) in [6.45, 7) is 4.78. The molecule has 0 aliphatic heterocycles. The van der Waals surface area contributed by atoms with Crippen LogP contribution < -0.4 is 0 Å². The summed E-state index contributed by atoms with van der Waals surface area (Å²) in [5, 5.41) is 4.17. The molecule has 3 heteroatoms. The van der Waals surface area contributed by atoms with Crippen LogP contribution in [0.2, 0.25) is 0 Å². The Balaban J connectivity index is 1.06. The fraction of sp³-hybridized carbons (Fsp3) is 0.250. The summed E-state index contributed by atoms with van der Waals surface area (Å²) >= 11 is 2.01. The Kier molecular flexibility index (Phi) is 8.37. The number of allylic oxidation sites excluding steroid dienone is 15. The second-order valence-corrected chi connectivity index (χ2v) is 19.0. The van der Waals surface area contributed by atoms with Crippen LogP contribution in [0.4, 0.5) is 0 Å². The molecule has 5 atom stereocenters. The number of hydrogen-bond donors (Lipinski definition) is 0. The van der Waals surface area contributed by atoms with E-state index in [2.05, 4.69) is 175 Å². The third-order valence-electron chi connectivity index (χ3n) is 14.2. The third kappa shape index (κ3) is 5.72. The molecular formula is C56H50N2S. The van der Waals surface area contributed by atoms with Gasteiger partial charge in [-0.3, -0.25) is 0 Å². The van der Waals surface area contributed by atoms with Gasteiger partial charge in [-0.2, -0.15) is 0 Å². The summed E-state index contributed by atoms with van der Waals surface area (Å²) in [4.78, 5) is 1.53. The largest absolute Gasteiger partial charge is 0.333 e. The molecule has 0 saturated carbocycles. The fourth-order valence-corrected chi connectivity index (χ4v) is 12.8. The summed E-state index contributed by atoms with van der Waals surface area (Å²) in [5.74, 6) is 1.60. The average molecular weight is 783 g/mol. The third-order valence-corrected chi connectivity index (χ3v) is 15.5. The lowest BCUT2D eigenvalue weighted by atomic mass is 9.72. The van der Waals surface area contributed by atoms with Crippen molar-refractivity contribution in [1.82, 2.24) is 9.13 Å². The van der Waals surface area contributed by atoms with Crippen molar-refractivity contribution in [3.8, 4) is 0 Å². The fourth-order valence-electron chi connectivity index (χ4n) is 11.4. The Bertz CT molecular complexity index is 3020. The molecule has 6 aliphatic rings. The number of aromatic nitrogens is 2. The van der Waals surface area contributed by atoms with Crippen LogP contribution in [0.25, 0.3) is 55.8 Å². The highest BCUT2D eigenvalue weighted by atomic mass is 32.1. The zero-order valence-electron chi connectivity index (χ0n) is 34.1. The Morgan fingerprint density at radius 3 is 2.37 bits per heavy atom. The molecule has 6 aliphatic carbocycles. The standard InChI is InChI=1S/C56H50N2S/c1-35-23-26-37(27-24-35)38-29-39(31-41(30-38)55-36(2)25-28-49-48-17-7-12-22-54(48)59-56(49)55)40-32-42(57-50-18-8-3-13-44(50)45-14-4-9-19-51(45)57)34-43(33-40)58-52-20-10-5-15-46(52)47-16-6-11-21-53(47)58/h3-5,7-8,10-15,17-18,20-23,25-28,30-32,34-36,39,43,55H,6,9,16,19,24,29,33H2,1-2H3. The monoisotopic (exact) mass is 782 g/mol. The molecule has 59 heavy (non-hydrogen) atoms. The Hall–Kier alpha value is -5.64. The highest BCUT2D eigenvalue weighted by molar-refractivity contribution is 7.19. The first-order chi connectivity index (χ1) is 29.1. The molecule has 0 spiro atoms. The van der Waals surface area contributed by atoms with Gasteiger partial charge >= 0.3 is 0 Å². The molecule has 0 saturated heterocycles. The lowest BCUT2D eigenvalue weighted by molar-refractivity contribution is 0.555. The van der Waals surface area contributed by atoms with Gasteiger partial charge in [0.05, 0.1) is 11.6 Å². The van der Waals surface area contributed by atoms with Gasteiger partial charge in [0.15, 0.2) is 0 Å². The predicted molar refractivity (Wildman–Crippen MR) is 253 cm³/mol. The van der Waals surface area contributed by atoms with Crippen LogP contribution in [0, 0.1) is 17.8 Å². The minimum Gasteiger partial charge on any atom is -0.333 e. The van der Waals surface area contributed by atoms with E-state index in [4.69, 9.17) is 0 Å². The predicted octanol–water partition coefficient (Wildman–Crippen LogP) is 15.0. The first kappa shape index (κ1) is 35.3. The Labute approximate surface area is 352 Å². The van der Waals surface area contributed by atoms with Crippen LogP contribution in [-0.4, -0.2) is 9.13 Å². The first-order valence-corrected chi connectivity index (χ1v) is 22.9. The summed E-state index contributed by atoms with van der Waals surface area (Å²) < 4.78 is 6.75. The highest BCUT2D eigenvalue weighted by Crippen LogP contribution is 2.51. The number of thiophene rings is 1. The van der Waals surface area contributed by atoms with Gasteiger partial charge in [0, 0.05) is 60.4 Å². The molecule has 12 rings (SSSR count). The zero-order chi connectivity index (χ0) is 39.2. The quantitative estimate of drug-likeness (QED) is 0.165. The van der Waals surface area contributed by atoms with Crippen molar-refractivity contribution in [2.75, 3.05) is 0 Å². The minimum absolute atomic E-state index is 0.184. The maximum absolute atomic E-state index is 2.72. The molecular weight excluding hydrogens is 733 g/mol. The van der Waals surface area contributed by atoms with Crippen molar-refractivity contribution >= 4 is 67.2 Å². The van der Waals surface area contributed by atoms with Gasteiger partial charge in [0.25, 0.3) is 0 Å². The summed E-state index contributed by atoms with van der Waals surface area (Å²) in [6.07, 6.45) is 39.9. The van der Waals surface area contributed by atoms with E-state index in [0.717, 1.165) is 44.9 Å². The molecule has 0 fully saturated rings. The normalized spacial score (nSPS) is 24.7. The summed E-state index contributed by atoms with van der Waals surface area (Å²) in [5.41, 5.74) is 17.1. The van der Waals surface area contributed by atoms with E-state index in [9.17, 15) is 0 Å². The van der Waals surface area contributed by atoms with Crippen LogP contribution in [0.15, 0.2) is 156 Å². The van der Waals surface area contributed by atoms with Crippen LogP contribution in [0.5, 0.6) is 0 Å². The Morgan fingerprint density at radius 2 is 1.49 bits per heavy atom. The number of para-hydroxylation sites is 2. The second-order valence-electron chi connectivity index (χ2n) is 17.9. The molecule has 290 valence electrons. The molecule has 3 aromatic carbocycles. The van der Waals surface area contributed by atoms with Gasteiger partial charge < -0.3 is 9.13 Å². The van der Waals surface area contributed by atoms with Gasteiger partial charge in [0.1, 0.15) is 0 Å². The maximum Gasteiger partial charge on any atom is 0.0583 e. The maximum atomic E-state index is 2.72. The van der Waals surface area contributed by atoms with Crippen molar-refractivity contribution in [2.24, 2.45) is 17.8 Å². The molecule has 3 heterocycles. The van der Waals surface area contributed by atoms with Gasteiger partial charge in [-0.1, -0.05) is 135 Å². The molecule has 2 nitrogen and oxygen atoms in total. The van der Waals surface area contributed by atoms with E-state index in [1.165, 1.54) is 87.3 Å². The van der Waals surface area contributed by atoms with E-state index in [0.29, 0.717) is 17.8 Å². The van der Waals surface area contributed by atoms with Gasteiger partial charge in [-0.15, -0.1) is 11.3 Å². The topological polar surface area (TPSA) is 9.86 Å².